The molecule has 0 bridgehead atoms. The number of likely N-dealkylation sites (tertiary alicyclic amines) is 1. The Morgan fingerprint density at radius 3 is 2.55 bits per heavy atom. The number of halogens is 1. The van der Waals surface area contributed by atoms with Gasteiger partial charge < -0.3 is 14.9 Å². The average Bonchev–Trinajstić information content (AvgIpc) is 2.79. The van der Waals surface area contributed by atoms with E-state index in [2.05, 4.69) is 43.0 Å². The van der Waals surface area contributed by atoms with Crippen LogP contribution in [-0.4, -0.2) is 41.1 Å². The molecule has 2 aliphatic rings. The fourth-order valence-electron chi connectivity index (χ4n) is 5.58. The molecule has 0 radical (unpaired) electrons. The number of piperidine rings is 1. The number of carbonyl (C=O) groups is 1. The smallest absolute Gasteiger partial charge is 0.254 e. The van der Waals surface area contributed by atoms with Crippen molar-refractivity contribution < 1.29 is 14.3 Å². The molecule has 1 aliphatic carbocycles. The molecule has 31 heavy (non-hydrogen) atoms. The number of hydrogen-bond acceptors (Lipinski definition) is 3. The van der Waals surface area contributed by atoms with Crippen LogP contribution in [0.15, 0.2) is 48.5 Å². The van der Waals surface area contributed by atoms with Crippen molar-refractivity contribution in [2.75, 3.05) is 24.5 Å². The van der Waals surface area contributed by atoms with Crippen molar-refractivity contribution in [2.45, 2.75) is 57.6 Å². The van der Waals surface area contributed by atoms with Crippen LogP contribution < -0.4 is 4.90 Å². The number of carbonyl (C=O) groups excluding carboxylic acids is 1. The van der Waals surface area contributed by atoms with E-state index in [4.69, 9.17) is 0 Å². The summed E-state index contributed by atoms with van der Waals surface area (Å²) in [7, 11) is 0. The molecular weight excluding hydrogens is 391 g/mol. The maximum absolute atomic E-state index is 13.8. The molecule has 2 fully saturated rings. The zero-order valence-corrected chi connectivity index (χ0v) is 18.6. The summed E-state index contributed by atoms with van der Waals surface area (Å²) in [4.78, 5) is 17.6. The largest absolute Gasteiger partial charge is 0.389 e. The van der Waals surface area contributed by atoms with Crippen molar-refractivity contribution in [1.82, 2.24) is 4.90 Å². The number of aliphatic hydroxyl groups is 1. The van der Waals surface area contributed by atoms with Crippen molar-refractivity contribution in [1.29, 1.82) is 0 Å². The molecule has 1 saturated carbocycles. The summed E-state index contributed by atoms with van der Waals surface area (Å²) < 4.78 is 13.8. The van der Waals surface area contributed by atoms with Gasteiger partial charge in [0, 0.05) is 36.8 Å². The van der Waals surface area contributed by atoms with Crippen molar-refractivity contribution in [3.05, 3.63) is 65.5 Å². The van der Waals surface area contributed by atoms with Crippen LogP contribution in [0.25, 0.3) is 0 Å². The topological polar surface area (TPSA) is 43.8 Å². The van der Waals surface area contributed by atoms with E-state index in [9.17, 15) is 14.3 Å². The van der Waals surface area contributed by atoms with Crippen molar-refractivity contribution in [3.8, 4) is 0 Å². The standard InChI is InChI=1S/C26H33FN2O2/c1-3-28(4-2)22-13-11-19(12-14-22)24-23-10-5-6-15-26(23,31)16-17-29(24)25(30)20-8-7-9-21(27)18-20/h7-9,11-14,18,23-24,31H,3-6,10,15-17H2,1-2H3. The maximum atomic E-state index is 13.8. The van der Waals surface area contributed by atoms with Crippen LogP contribution >= 0.6 is 0 Å². The average molecular weight is 425 g/mol. The zero-order valence-electron chi connectivity index (χ0n) is 18.6. The van der Waals surface area contributed by atoms with Crippen LogP contribution in [0.2, 0.25) is 0 Å². The molecule has 1 N–H and O–H groups in total. The molecule has 2 aromatic carbocycles. The van der Waals surface area contributed by atoms with Crippen molar-refractivity contribution >= 4 is 11.6 Å². The number of amides is 1. The highest BCUT2D eigenvalue weighted by Crippen LogP contribution is 2.49. The fraction of sp³-hybridized carbons (Fsp3) is 0.500. The van der Waals surface area contributed by atoms with Gasteiger partial charge in [-0.15, -0.1) is 0 Å². The number of rotatable bonds is 5. The third-order valence-corrected chi connectivity index (χ3v) is 7.26. The molecule has 1 saturated heterocycles. The molecule has 4 nitrogen and oxygen atoms in total. The summed E-state index contributed by atoms with van der Waals surface area (Å²) in [5.41, 5.74) is 1.84. The van der Waals surface area contributed by atoms with Crippen LogP contribution in [0.3, 0.4) is 0 Å². The Morgan fingerprint density at radius 2 is 1.87 bits per heavy atom. The first kappa shape index (κ1) is 21.8. The lowest BCUT2D eigenvalue weighted by molar-refractivity contribution is -0.115. The third kappa shape index (κ3) is 4.20. The summed E-state index contributed by atoms with van der Waals surface area (Å²) in [5.74, 6) is -0.575. The lowest BCUT2D eigenvalue weighted by Crippen LogP contribution is -2.56. The van der Waals surface area contributed by atoms with Gasteiger partial charge in [-0.2, -0.15) is 0 Å². The number of anilines is 1. The Balaban J connectivity index is 1.71. The van der Waals surface area contributed by atoms with Gasteiger partial charge in [-0.3, -0.25) is 4.79 Å². The van der Waals surface area contributed by atoms with E-state index in [1.54, 1.807) is 12.1 Å². The zero-order chi connectivity index (χ0) is 22.0. The molecule has 1 aliphatic heterocycles. The lowest BCUT2D eigenvalue weighted by Gasteiger charge is -2.52. The van der Waals surface area contributed by atoms with Crippen LogP contribution in [0.1, 0.15) is 67.9 Å². The molecule has 1 amide bonds. The second-order valence-electron chi connectivity index (χ2n) is 8.92. The summed E-state index contributed by atoms with van der Waals surface area (Å²) in [6.07, 6.45) is 4.34. The SMILES string of the molecule is CCN(CC)c1ccc(C2C3CCCCC3(O)CCN2C(=O)c2cccc(F)c2)cc1. The van der Waals surface area contributed by atoms with Gasteiger partial charge in [0.25, 0.3) is 5.91 Å². The van der Waals surface area contributed by atoms with Crippen LogP contribution in [-0.2, 0) is 0 Å². The second-order valence-corrected chi connectivity index (χ2v) is 8.92. The Labute approximate surface area is 184 Å². The molecule has 2 aromatic rings. The fourth-order valence-corrected chi connectivity index (χ4v) is 5.58. The first-order valence-corrected chi connectivity index (χ1v) is 11.6. The molecule has 3 unspecified atom stereocenters. The predicted octanol–water partition coefficient (Wildman–Crippen LogP) is 5.18. The van der Waals surface area contributed by atoms with E-state index >= 15 is 0 Å². The van der Waals surface area contributed by atoms with Gasteiger partial charge in [0.15, 0.2) is 0 Å². The van der Waals surface area contributed by atoms with Gasteiger partial charge in [-0.05, 0) is 69.0 Å². The van der Waals surface area contributed by atoms with Gasteiger partial charge in [-0.25, -0.2) is 4.39 Å². The number of nitrogens with zero attached hydrogens (tertiary/aromatic N) is 2. The number of benzene rings is 2. The summed E-state index contributed by atoms with van der Waals surface area (Å²) in [6.45, 7) is 6.63. The van der Waals surface area contributed by atoms with Crippen molar-refractivity contribution in [2.24, 2.45) is 5.92 Å². The highest BCUT2D eigenvalue weighted by molar-refractivity contribution is 5.94. The van der Waals surface area contributed by atoms with Gasteiger partial charge in [0.2, 0.25) is 0 Å². The first-order chi connectivity index (χ1) is 15.0. The quantitative estimate of drug-likeness (QED) is 0.719. The van der Waals surface area contributed by atoms with Gasteiger partial charge >= 0.3 is 0 Å². The Morgan fingerprint density at radius 1 is 1.13 bits per heavy atom. The van der Waals surface area contributed by atoms with Crippen molar-refractivity contribution in [3.63, 3.8) is 0 Å². The predicted molar refractivity (Wildman–Crippen MR) is 122 cm³/mol. The minimum absolute atomic E-state index is 0.00758. The third-order valence-electron chi connectivity index (χ3n) is 7.26. The molecule has 166 valence electrons. The Hall–Kier alpha value is -2.40. The van der Waals surface area contributed by atoms with Crippen LogP contribution in [0, 0.1) is 11.7 Å². The first-order valence-electron chi connectivity index (χ1n) is 11.6. The monoisotopic (exact) mass is 424 g/mol. The van der Waals surface area contributed by atoms with Crippen LogP contribution in [0.4, 0.5) is 10.1 Å². The van der Waals surface area contributed by atoms with E-state index in [0.717, 1.165) is 50.0 Å². The number of hydrogen-bond donors (Lipinski definition) is 1. The van der Waals surface area contributed by atoms with E-state index in [1.165, 1.54) is 12.1 Å². The number of fused-ring (bicyclic) bond motifs is 1. The molecule has 0 aromatic heterocycles. The van der Waals surface area contributed by atoms with Crippen LogP contribution in [0.5, 0.6) is 0 Å². The lowest BCUT2D eigenvalue weighted by atomic mass is 9.66. The van der Waals surface area contributed by atoms with E-state index in [0.29, 0.717) is 18.5 Å². The molecule has 5 heteroatoms. The summed E-state index contributed by atoms with van der Waals surface area (Å²) in [6, 6.07) is 14.1. The Kier molecular flexibility index (Phi) is 6.33. The minimum atomic E-state index is -0.737. The van der Waals surface area contributed by atoms with E-state index in [-0.39, 0.29) is 17.9 Å². The minimum Gasteiger partial charge on any atom is -0.389 e. The highest BCUT2D eigenvalue weighted by Gasteiger charge is 2.50. The summed E-state index contributed by atoms with van der Waals surface area (Å²) >= 11 is 0. The second kappa shape index (κ2) is 8.99. The van der Waals surface area contributed by atoms with E-state index < -0.39 is 11.4 Å². The molecule has 3 atom stereocenters. The van der Waals surface area contributed by atoms with Gasteiger partial charge in [0.05, 0.1) is 11.6 Å². The Bertz CT molecular complexity index is 912. The highest BCUT2D eigenvalue weighted by atomic mass is 19.1. The van der Waals surface area contributed by atoms with Gasteiger partial charge in [0.1, 0.15) is 5.82 Å². The normalized spacial score (nSPS) is 25.7. The van der Waals surface area contributed by atoms with E-state index in [1.807, 2.05) is 4.90 Å². The molecular formula is C26H33FN2O2. The maximum Gasteiger partial charge on any atom is 0.254 e. The molecule has 4 rings (SSSR count). The molecule has 1 heterocycles. The summed E-state index contributed by atoms with van der Waals surface area (Å²) in [5, 5.41) is 11.4. The van der Waals surface area contributed by atoms with Gasteiger partial charge in [-0.1, -0.05) is 31.0 Å². The molecule has 0 spiro atoms.